The molecule has 0 radical (unpaired) electrons. The van der Waals surface area contributed by atoms with Gasteiger partial charge in [0.25, 0.3) is 5.69 Å². The number of nitrogens with zero attached hydrogens (tertiary/aromatic N) is 1. The molecule has 23 heavy (non-hydrogen) atoms. The lowest BCUT2D eigenvalue weighted by atomic mass is 9.81. The third-order valence-corrected chi connectivity index (χ3v) is 3.83. The maximum Gasteiger partial charge on any atom is 0.336 e. The van der Waals surface area contributed by atoms with Crippen molar-refractivity contribution < 1.29 is 14.5 Å². The average Bonchev–Trinajstić information content (AvgIpc) is 2.53. The van der Waals surface area contributed by atoms with Crippen molar-refractivity contribution in [2.75, 3.05) is 7.11 Å². The van der Waals surface area contributed by atoms with E-state index < -0.39 is 16.8 Å². The minimum absolute atomic E-state index is 0.163. The molecule has 0 bridgehead atoms. The molecule has 1 aromatic carbocycles. The summed E-state index contributed by atoms with van der Waals surface area (Å²) in [5, 5.41) is 21.6. The monoisotopic (exact) mass is 331 g/mol. The summed E-state index contributed by atoms with van der Waals surface area (Å²) in [6.45, 7) is 1.63. The average molecular weight is 331 g/mol. The van der Waals surface area contributed by atoms with Gasteiger partial charge in [0, 0.05) is 17.3 Å². The zero-order valence-corrected chi connectivity index (χ0v) is 13.2. The fourth-order valence-corrected chi connectivity index (χ4v) is 2.84. The topological polar surface area (TPSA) is 105 Å². The molecule has 0 saturated heterocycles. The van der Waals surface area contributed by atoms with Crippen LogP contribution in [0.2, 0.25) is 0 Å². The van der Waals surface area contributed by atoms with Crippen LogP contribution in [0, 0.1) is 15.5 Å². The number of esters is 1. The summed E-state index contributed by atoms with van der Waals surface area (Å²) in [6.07, 6.45) is 0. The van der Waals surface area contributed by atoms with E-state index in [1.54, 1.807) is 13.0 Å². The van der Waals surface area contributed by atoms with E-state index in [1.165, 1.54) is 25.3 Å². The molecule has 0 aliphatic carbocycles. The Morgan fingerprint density at radius 1 is 1.48 bits per heavy atom. The fraction of sp³-hybridized carbons (Fsp3) is 0.200. The van der Waals surface area contributed by atoms with Gasteiger partial charge >= 0.3 is 5.97 Å². The van der Waals surface area contributed by atoms with E-state index in [0.717, 1.165) is 0 Å². The van der Waals surface area contributed by atoms with Crippen LogP contribution in [0.15, 0.2) is 41.1 Å². The summed E-state index contributed by atoms with van der Waals surface area (Å²) < 4.78 is 4.79. The van der Waals surface area contributed by atoms with Crippen molar-refractivity contribution in [1.82, 2.24) is 5.32 Å². The minimum atomic E-state index is -0.879. The summed E-state index contributed by atoms with van der Waals surface area (Å²) in [4.78, 5) is 23.2. The van der Waals surface area contributed by atoms with E-state index in [4.69, 9.17) is 22.4 Å². The Balaban J connectivity index is 2.80. The highest BCUT2D eigenvalue weighted by Gasteiger charge is 2.38. The molecule has 1 aromatic rings. The number of benzene rings is 1. The van der Waals surface area contributed by atoms with Crippen LogP contribution >= 0.6 is 12.2 Å². The van der Waals surface area contributed by atoms with Gasteiger partial charge in [0.15, 0.2) is 0 Å². The number of nitro groups is 1. The molecule has 2 rings (SSSR count). The number of ether oxygens (including phenoxy) is 1. The molecule has 2 N–H and O–H groups in total. The van der Waals surface area contributed by atoms with Gasteiger partial charge in [-0.2, -0.15) is 0 Å². The van der Waals surface area contributed by atoms with E-state index in [-0.39, 0.29) is 27.4 Å². The van der Waals surface area contributed by atoms with Crippen LogP contribution in [0.5, 0.6) is 0 Å². The molecule has 0 saturated carbocycles. The number of rotatable bonds is 3. The second-order valence-corrected chi connectivity index (χ2v) is 5.18. The number of carbonyl (C=O) groups excluding carboxylic acids is 1. The summed E-state index contributed by atoms with van der Waals surface area (Å²) >= 11 is 5.18. The first-order valence-corrected chi connectivity index (χ1v) is 6.96. The maximum absolute atomic E-state index is 12.2. The van der Waals surface area contributed by atoms with Crippen molar-refractivity contribution in [3.63, 3.8) is 0 Å². The standard InChI is InChI=1S/C15H13N3O4S/c1-8-12(15(19)22-2)13(10(7-16)14(23)17-8)9-5-3-4-6-11(9)18(20)21/h3-6,13,16H,1-2H3,(H,17,23). The number of nitro benzene ring substituents is 1. The molecule has 1 aliphatic heterocycles. The third kappa shape index (κ3) is 2.90. The summed E-state index contributed by atoms with van der Waals surface area (Å²) in [5.74, 6) is 0.672. The van der Waals surface area contributed by atoms with E-state index >= 15 is 0 Å². The van der Waals surface area contributed by atoms with E-state index in [2.05, 4.69) is 11.2 Å². The number of nitrogens with one attached hydrogen (secondary N) is 2. The van der Waals surface area contributed by atoms with Crippen molar-refractivity contribution in [2.24, 2.45) is 0 Å². The second kappa shape index (κ2) is 6.51. The Kier molecular flexibility index (Phi) is 4.68. The van der Waals surface area contributed by atoms with E-state index in [0.29, 0.717) is 5.70 Å². The Bertz CT molecular complexity index is 794. The first kappa shape index (κ1) is 16.5. The van der Waals surface area contributed by atoms with Crippen molar-refractivity contribution in [2.45, 2.75) is 12.8 Å². The van der Waals surface area contributed by atoms with Gasteiger partial charge < -0.3 is 10.1 Å². The van der Waals surface area contributed by atoms with Crippen molar-refractivity contribution in [3.8, 4) is 0 Å². The summed E-state index contributed by atoms with van der Waals surface area (Å²) in [6, 6.07) is 6.03. The number of para-hydroxylation sites is 1. The van der Waals surface area contributed by atoms with Crippen LogP contribution in [0.4, 0.5) is 5.69 Å². The molecular weight excluding hydrogens is 318 g/mol. The van der Waals surface area contributed by atoms with Crippen LogP contribution in [0.1, 0.15) is 18.4 Å². The van der Waals surface area contributed by atoms with Crippen molar-refractivity contribution in [1.29, 1.82) is 5.41 Å². The molecule has 0 aromatic heterocycles. The molecule has 0 spiro atoms. The number of methoxy groups -OCH3 is 1. The number of hydrogen-bond acceptors (Lipinski definition) is 6. The predicted octanol–water partition coefficient (Wildman–Crippen LogP) is 2.23. The lowest BCUT2D eigenvalue weighted by Gasteiger charge is -2.28. The van der Waals surface area contributed by atoms with Gasteiger partial charge in [-0.05, 0) is 12.8 Å². The van der Waals surface area contributed by atoms with Crippen LogP contribution in [-0.2, 0) is 9.53 Å². The number of carbonyl (C=O) groups is 1. The van der Waals surface area contributed by atoms with E-state index in [9.17, 15) is 14.9 Å². The SMILES string of the molecule is COC(=O)C1=C(C)NC(=S)C(=C=N)C1c1ccccc1[N+](=O)[O-]. The molecule has 1 heterocycles. The molecule has 1 unspecified atom stereocenters. The fourth-order valence-electron chi connectivity index (χ4n) is 2.52. The van der Waals surface area contributed by atoms with E-state index in [1.807, 2.05) is 0 Å². The lowest BCUT2D eigenvalue weighted by molar-refractivity contribution is -0.385. The first-order valence-electron chi connectivity index (χ1n) is 6.55. The van der Waals surface area contributed by atoms with Gasteiger partial charge in [-0.1, -0.05) is 30.4 Å². The maximum atomic E-state index is 12.2. The van der Waals surface area contributed by atoms with Gasteiger partial charge in [-0.15, -0.1) is 0 Å². The summed E-state index contributed by atoms with van der Waals surface area (Å²) in [7, 11) is 1.22. The highest BCUT2D eigenvalue weighted by Crippen LogP contribution is 2.40. The molecule has 7 nitrogen and oxygen atoms in total. The van der Waals surface area contributed by atoms with Crippen LogP contribution in [-0.4, -0.2) is 28.9 Å². The van der Waals surface area contributed by atoms with Crippen LogP contribution in [0.3, 0.4) is 0 Å². The molecular formula is C15H13N3O4S. The number of hydrogen-bond donors (Lipinski definition) is 2. The third-order valence-electron chi connectivity index (χ3n) is 3.51. The molecule has 8 heteroatoms. The van der Waals surface area contributed by atoms with Crippen molar-refractivity contribution >= 4 is 34.7 Å². The Morgan fingerprint density at radius 2 is 2.13 bits per heavy atom. The van der Waals surface area contributed by atoms with Gasteiger partial charge in [-0.25, -0.2) is 4.79 Å². The molecule has 1 atom stereocenters. The molecule has 1 aliphatic rings. The zero-order valence-electron chi connectivity index (χ0n) is 12.4. The summed E-state index contributed by atoms with van der Waals surface area (Å²) in [5.41, 5.74) is 0.884. The van der Waals surface area contributed by atoms with Crippen molar-refractivity contribution in [3.05, 3.63) is 56.8 Å². The van der Waals surface area contributed by atoms with Crippen LogP contribution in [0.25, 0.3) is 0 Å². The number of thiocarbonyl (C=S) groups is 1. The largest absolute Gasteiger partial charge is 0.466 e. The quantitative estimate of drug-likeness (QED) is 0.220. The molecule has 118 valence electrons. The first-order chi connectivity index (χ1) is 10.9. The van der Waals surface area contributed by atoms with Crippen LogP contribution < -0.4 is 5.32 Å². The lowest BCUT2D eigenvalue weighted by Crippen LogP contribution is -2.35. The normalized spacial score (nSPS) is 17.4. The Labute approximate surface area is 137 Å². The Hall–Kier alpha value is -2.83. The second-order valence-electron chi connectivity index (χ2n) is 4.77. The van der Waals surface area contributed by atoms with Gasteiger partial charge in [0.05, 0.1) is 29.1 Å². The smallest absolute Gasteiger partial charge is 0.336 e. The molecule has 0 amide bonds. The predicted molar refractivity (Wildman–Crippen MR) is 87.5 cm³/mol. The van der Waals surface area contributed by atoms with Gasteiger partial charge in [-0.3, -0.25) is 15.5 Å². The van der Waals surface area contributed by atoms with Gasteiger partial charge in [0.1, 0.15) is 4.99 Å². The number of allylic oxidation sites excluding steroid dienone is 1. The molecule has 0 fully saturated rings. The highest BCUT2D eigenvalue weighted by atomic mass is 32.1. The Morgan fingerprint density at radius 3 is 2.70 bits per heavy atom. The zero-order chi connectivity index (χ0) is 17.1. The highest BCUT2D eigenvalue weighted by molar-refractivity contribution is 7.80. The van der Waals surface area contributed by atoms with Gasteiger partial charge in [0.2, 0.25) is 0 Å². The minimum Gasteiger partial charge on any atom is -0.466 e.